The molecule has 2 aromatic carbocycles. The van der Waals surface area contributed by atoms with E-state index in [2.05, 4.69) is 42.1 Å². The third-order valence-electron chi connectivity index (χ3n) is 4.12. The molecule has 0 bridgehead atoms. The van der Waals surface area contributed by atoms with Gasteiger partial charge in [-0.3, -0.25) is 0 Å². The van der Waals surface area contributed by atoms with Crippen LogP contribution in [0.15, 0.2) is 47.4 Å². The summed E-state index contributed by atoms with van der Waals surface area (Å²) in [6.07, 6.45) is 0. The Balaban J connectivity index is 2.10. The molecule has 0 spiro atoms. The van der Waals surface area contributed by atoms with Gasteiger partial charge in [-0.25, -0.2) is 13.1 Å². The van der Waals surface area contributed by atoms with Gasteiger partial charge in [0.05, 0.1) is 4.90 Å². The van der Waals surface area contributed by atoms with Crippen LogP contribution in [-0.2, 0) is 16.6 Å². The molecule has 2 N–H and O–H groups in total. The fraction of sp³-hybridized carbons (Fsp3) is 0.333. The van der Waals surface area contributed by atoms with Crippen LogP contribution in [0.25, 0.3) is 0 Å². The maximum atomic E-state index is 11.9. The summed E-state index contributed by atoms with van der Waals surface area (Å²) in [5.41, 5.74) is 4.73. The molecular formula is C18H24N2O2S. The molecule has 1 atom stereocenters. The lowest BCUT2D eigenvalue weighted by Crippen LogP contribution is -2.21. The quantitative estimate of drug-likeness (QED) is 0.855. The van der Waals surface area contributed by atoms with Crippen LogP contribution in [0, 0.1) is 13.8 Å². The van der Waals surface area contributed by atoms with Gasteiger partial charge in [-0.1, -0.05) is 30.3 Å². The lowest BCUT2D eigenvalue weighted by Gasteiger charge is -2.16. The summed E-state index contributed by atoms with van der Waals surface area (Å²) >= 11 is 0. The van der Waals surface area contributed by atoms with Gasteiger partial charge in [0.15, 0.2) is 0 Å². The van der Waals surface area contributed by atoms with Crippen LogP contribution in [0.5, 0.6) is 0 Å². The molecular weight excluding hydrogens is 308 g/mol. The second-order valence-electron chi connectivity index (χ2n) is 5.80. The maximum Gasteiger partial charge on any atom is 0.240 e. The molecule has 0 saturated heterocycles. The highest BCUT2D eigenvalue weighted by Gasteiger charge is 2.13. The van der Waals surface area contributed by atoms with Gasteiger partial charge in [-0.2, -0.15) is 0 Å². The van der Waals surface area contributed by atoms with Crippen molar-refractivity contribution >= 4 is 10.0 Å². The van der Waals surface area contributed by atoms with Crippen molar-refractivity contribution in [2.24, 2.45) is 0 Å². The second-order valence-corrected chi connectivity index (χ2v) is 7.69. The van der Waals surface area contributed by atoms with Crippen LogP contribution in [0.1, 0.15) is 35.2 Å². The monoisotopic (exact) mass is 332 g/mol. The van der Waals surface area contributed by atoms with Gasteiger partial charge in [-0.15, -0.1) is 0 Å². The third-order valence-corrected chi connectivity index (χ3v) is 5.53. The van der Waals surface area contributed by atoms with Gasteiger partial charge in [0.25, 0.3) is 0 Å². The van der Waals surface area contributed by atoms with Crippen molar-refractivity contribution in [1.29, 1.82) is 0 Å². The van der Waals surface area contributed by atoms with E-state index < -0.39 is 10.0 Å². The molecule has 0 saturated carbocycles. The molecule has 0 aromatic heterocycles. The van der Waals surface area contributed by atoms with Gasteiger partial charge in [0.1, 0.15) is 0 Å². The zero-order valence-electron chi connectivity index (χ0n) is 14.1. The normalized spacial score (nSPS) is 13.0. The first kappa shape index (κ1) is 17.7. The van der Waals surface area contributed by atoms with Crippen molar-refractivity contribution in [3.63, 3.8) is 0 Å². The summed E-state index contributed by atoms with van der Waals surface area (Å²) in [5, 5.41) is 3.44. The Morgan fingerprint density at radius 1 is 1.04 bits per heavy atom. The molecule has 0 radical (unpaired) electrons. The van der Waals surface area contributed by atoms with Crippen LogP contribution in [0.4, 0.5) is 0 Å². The Hall–Kier alpha value is -1.69. The highest BCUT2D eigenvalue weighted by Crippen LogP contribution is 2.18. The van der Waals surface area contributed by atoms with Gasteiger partial charge in [0, 0.05) is 12.6 Å². The van der Waals surface area contributed by atoms with Crippen LogP contribution in [0.3, 0.4) is 0 Å². The predicted octanol–water partition coefficient (Wildman–Crippen LogP) is 3.06. The summed E-state index contributed by atoms with van der Waals surface area (Å²) in [5.74, 6) is 0. The molecule has 4 nitrogen and oxygen atoms in total. The first-order chi connectivity index (χ1) is 10.8. The Morgan fingerprint density at radius 3 is 2.43 bits per heavy atom. The van der Waals surface area contributed by atoms with E-state index in [1.807, 2.05) is 13.0 Å². The molecule has 5 heteroatoms. The van der Waals surface area contributed by atoms with E-state index in [1.165, 1.54) is 23.7 Å². The first-order valence-corrected chi connectivity index (χ1v) is 9.15. The average Bonchev–Trinajstić information content (AvgIpc) is 2.55. The zero-order chi connectivity index (χ0) is 17.0. The van der Waals surface area contributed by atoms with Crippen LogP contribution in [-0.4, -0.2) is 15.5 Å². The van der Waals surface area contributed by atoms with Crippen LogP contribution in [0.2, 0.25) is 0 Å². The summed E-state index contributed by atoms with van der Waals surface area (Å²) in [6.45, 7) is 6.98. The molecule has 0 aliphatic carbocycles. The summed E-state index contributed by atoms with van der Waals surface area (Å²) < 4.78 is 26.1. The number of rotatable bonds is 6. The number of benzene rings is 2. The second kappa shape index (κ2) is 7.25. The Labute approximate surface area is 139 Å². The van der Waals surface area contributed by atoms with E-state index in [0.717, 1.165) is 12.1 Å². The molecule has 2 aromatic rings. The van der Waals surface area contributed by atoms with Crippen molar-refractivity contribution in [3.05, 3.63) is 64.7 Å². The van der Waals surface area contributed by atoms with Gasteiger partial charge >= 0.3 is 0 Å². The fourth-order valence-electron chi connectivity index (χ4n) is 2.37. The molecule has 0 aliphatic heterocycles. The lowest BCUT2D eigenvalue weighted by atomic mass is 10.1. The highest BCUT2D eigenvalue weighted by molar-refractivity contribution is 7.89. The molecule has 23 heavy (non-hydrogen) atoms. The standard InChI is InChI=1S/C18H24N2O2S/c1-13-8-9-16(10-14(13)2)12-20-15(3)17-6-5-7-18(11-17)23(21,22)19-4/h5-11,15,19-20H,12H2,1-4H3. The smallest absolute Gasteiger partial charge is 0.240 e. The SMILES string of the molecule is CNS(=O)(=O)c1cccc(C(C)NCc2ccc(C)c(C)c2)c1. The van der Waals surface area contributed by atoms with Gasteiger partial charge in [0.2, 0.25) is 10.0 Å². The molecule has 0 aliphatic rings. The Kier molecular flexibility index (Phi) is 5.57. The molecule has 1 unspecified atom stereocenters. The minimum Gasteiger partial charge on any atom is -0.306 e. The first-order valence-electron chi connectivity index (χ1n) is 7.66. The molecule has 0 heterocycles. The van der Waals surface area contributed by atoms with E-state index in [1.54, 1.807) is 18.2 Å². The summed E-state index contributed by atoms with van der Waals surface area (Å²) in [4.78, 5) is 0.289. The van der Waals surface area contributed by atoms with Crippen molar-refractivity contribution in [2.75, 3.05) is 7.05 Å². The van der Waals surface area contributed by atoms with E-state index in [-0.39, 0.29) is 10.9 Å². The molecule has 124 valence electrons. The van der Waals surface area contributed by atoms with Crippen LogP contribution >= 0.6 is 0 Å². The number of hydrogen-bond acceptors (Lipinski definition) is 3. The van der Waals surface area contributed by atoms with Gasteiger partial charge < -0.3 is 5.32 Å². The van der Waals surface area contributed by atoms with E-state index >= 15 is 0 Å². The molecule has 0 fully saturated rings. The number of sulfonamides is 1. The van der Waals surface area contributed by atoms with Gasteiger partial charge in [-0.05, 0) is 62.2 Å². The number of nitrogens with one attached hydrogen (secondary N) is 2. The Bertz CT molecular complexity index is 785. The van der Waals surface area contributed by atoms with E-state index in [9.17, 15) is 8.42 Å². The number of hydrogen-bond donors (Lipinski definition) is 2. The minimum atomic E-state index is -3.41. The minimum absolute atomic E-state index is 0.0589. The largest absolute Gasteiger partial charge is 0.306 e. The Morgan fingerprint density at radius 2 is 1.78 bits per heavy atom. The van der Waals surface area contributed by atoms with Crippen LogP contribution < -0.4 is 10.0 Å². The zero-order valence-corrected chi connectivity index (χ0v) is 14.9. The van der Waals surface area contributed by atoms with E-state index in [4.69, 9.17) is 0 Å². The lowest BCUT2D eigenvalue weighted by molar-refractivity contribution is 0.571. The van der Waals surface area contributed by atoms with Crippen molar-refractivity contribution in [1.82, 2.24) is 10.0 Å². The van der Waals surface area contributed by atoms with E-state index in [0.29, 0.717) is 0 Å². The average molecular weight is 332 g/mol. The van der Waals surface area contributed by atoms with Crippen molar-refractivity contribution in [3.8, 4) is 0 Å². The summed E-state index contributed by atoms with van der Waals surface area (Å²) in [7, 11) is -1.99. The maximum absolute atomic E-state index is 11.9. The summed E-state index contributed by atoms with van der Waals surface area (Å²) in [6, 6.07) is 13.5. The highest BCUT2D eigenvalue weighted by atomic mass is 32.2. The topological polar surface area (TPSA) is 58.2 Å². The third kappa shape index (κ3) is 4.41. The van der Waals surface area contributed by atoms with Crippen molar-refractivity contribution < 1.29 is 8.42 Å². The number of aryl methyl sites for hydroxylation is 2. The molecule has 2 rings (SSSR count). The predicted molar refractivity (Wildman–Crippen MR) is 93.9 cm³/mol. The fourth-order valence-corrected chi connectivity index (χ4v) is 3.16. The molecule has 0 amide bonds. The van der Waals surface area contributed by atoms with Crippen molar-refractivity contribution in [2.45, 2.75) is 38.3 Å².